The van der Waals surface area contributed by atoms with Crippen LogP contribution in [0, 0.1) is 16.0 Å². The van der Waals surface area contributed by atoms with Gasteiger partial charge in [0.1, 0.15) is 6.33 Å². The SMILES string of the molecule is O=C(O)C1CCN(c2ncnc(N3CCN(c4cccc(Cl)c4)CC3)c2[N+](=O)[O-])CC1. The summed E-state index contributed by atoms with van der Waals surface area (Å²) in [6, 6.07) is 7.63. The normalized spacial score (nSPS) is 17.6. The van der Waals surface area contributed by atoms with Gasteiger partial charge in [-0.2, -0.15) is 0 Å². The van der Waals surface area contributed by atoms with E-state index < -0.39 is 16.8 Å². The van der Waals surface area contributed by atoms with Crippen LogP contribution in [0.2, 0.25) is 5.02 Å². The van der Waals surface area contributed by atoms with Crippen LogP contribution in [0.3, 0.4) is 0 Å². The molecule has 10 nitrogen and oxygen atoms in total. The minimum atomic E-state index is -0.824. The molecule has 2 aliphatic heterocycles. The average Bonchev–Trinajstić information content (AvgIpc) is 2.78. The fourth-order valence-electron chi connectivity index (χ4n) is 4.17. The van der Waals surface area contributed by atoms with E-state index in [1.807, 2.05) is 29.2 Å². The molecule has 164 valence electrons. The average molecular weight is 447 g/mol. The van der Waals surface area contributed by atoms with Crippen molar-refractivity contribution in [1.29, 1.82) is 0 Å². The largest absolute Gasteiger partial charge is 0.481 e. The van der Waals surface area contributed by atoms with Crippen LogP contribution >= 0.6 is 11.6 Å². The number of aliphatic carboxylic acids is 1. The van der Waals surface area contributed by atoms with Gasteiger partial charge in [0, 0.05) is 50.0 Å². The zero-order chi connectivity index (χ0) is 22.0. The Balaban J connectivity index is 1.52. The smallest absolute Gasteiger partial charge is 0.353 e. The van der Waals surface area contributed by atoms with Crippen molar-refractivity contribution in [2.75, 3.05) is 54.0 Å². The fourth-order valence-corrected chi connectivity index (χ4v) is 4.36. The van der Waals surface area contributed by atoms with Crippen LogP contribution in [0.4, 0.5) is 23.0 Å². The molecular formula is C20H23ClN6O4. The summed E-state index contributed by atoms with van der Waals surface area (Å²) in [5.41, 5.74) is 0.902. The summed E-state index contributed by atoms with van der Waals surface area (Å²) < 4.78 is 0. The zero-order valence-electron chi connectivity index (χ0n) is 16.9. The summed E-state index contributed by atoms with van der Waals surface area (Å²) in [5, 5.41) is 21.8. The Morgan fingerprint density at radius 3 is 2.16 bits per heavy atom. The van der Waals surface area contributed by atoms with E-state index in [1.54, 1.807) is 4.90 Å². The summed E-state index contributed by atoms with van der Waals surface area (Å²) in [5.74, 6) is -0.677. The van der Waals surface area contributed by atoms with E-state index in [-0.39, 0.29) is 11.5 Å². The van der Waals surface area contributed by atoms with Crippen molar-refractivity contribution in [2.24, 2.45) is 5.92 Å². The van der Waals surface area contributed by atoms with E-state index in [1.165, 1.54) is 6.33 Å². The molecule has 0 unspecified atom stereocenters. The highest BCUT2D eigenvalue weighted by Crippen LogP contribution is 2.36. The van der Waals surface area contributed by atoms with Crippen LogP contribution in [-0.2, 0) is 4.79 Å². The minimum absolute atomic E-state index is 0.118. The number of hydrogen-bond donors (Lipinski definition) is 1. The highest BCUT2D eigenvalue weighted by molar-refractivity contribution is 6.30. The van der Waals surface area contributed by atoms with Gasteiger partial charge in [0.2, 0.25) is 11.6 Å². The number of nitro groups is 1. The third kappa shape index (κ3) is 4.48. The quantitative estimate of drug-likeness (QED) is 0.546. The van der Waals surface area contributed by atoms with E-state index in [2.05, 4.69) is 14.9 Å². The number of rotatable bonds is 5. The van der Waals surface area contributed by atoms with Crippen LogP contribution in [0.25, 0.3) is 0 Å². The lowest BCUT2D eigenvalue weighted by atomic mass is 9.97. The molecule has 1 aromatic heterocycles. The third-order valence-electron chi connectivity index (χ3n) is 5.86. The van der Waals surface area contributed by atoms with Gasteiger partial charge in [-0.3, -0.25) is 14.9 Å². The summed E-state index contributed by atoms with van der Waals surface area (Å²) >= 11 is 6.10. The van der Waals surface area contributed by atoms with Gasteiger partial charge in [0.25, 0.3) is 0 Å². The van der Waals surface area contributed by atoms with Crippen molar-refractivity contribution in [3.05, 3.63) is 45.7 Å². The van der Waals surface area contributed by atoms with E-state index in [0.29, 0.717) is 63.0 Å². The molecule has 0 saturated carbocycles. The number of carboxylic acid groups (broad SMARTS) is 1. The van der Waals surface area contributed by atoms with Crippen LogP contribution in [0.5, 0.6) is 0 Å². The molecule has 0 radical (unpaired) electrons. The van der Waals surface area contributed by atoms with E-state index in [0.717, 1.165) is 5.69 Å². The van der Waals surface area contributed by atoms with E-state index >= 15 is 0 Å². The molecule has 1 aromatic carbocycles. The molecule has 2 aromatic rings. The first-order valence-corrected chi connectivity index (χ1v) is 10.5. The number of benzene rings is 1. The molecule has 2 aliphatic rings. The molecule has 0 spiro atoms. The van der Waals surface area contributed by atoms with Gasteiger partial charge in [0.05, 0.1) is 10.8 Å². The summed E-state index contributed by atoms with van der Waals surface area (Å²) in [6.07, 6.45) is 2.22. The maximum Gasteiger partial charge on any atom is 0.353 e. The van der Waals surface area contributed by atoms with E-state index in [4.69, 9.17) is 11.6 Å². The van der Waals surface area contributed by atoms with Gasteiger partial charge in [-0.1, -0.05) is 17.7 Å². The second kappa shape index (κ2) is 8.93. The summed E-state index contributed by atoms with van der Waals surface area (Å²) in [7, 11) is 0. The zero-order valence-corrected chi connectivity index (χ0v) is 17.6. The number of carboxylic acids is 1. The molecule has 3 heterocycles. The molecule has 2 saturated heterocycles. The monoisotopic (exact) mass is 446 g/mol. The highest BCUT2D eigenvalue weighted by Gasteiger charge is 2.34. The second-order valence-corrected chi connectivity index (χ2v) is 8.12. The lowest BCUT2D eigenvalue weighted by Gasteiger charge is -2.37. The van der Waals surface area contributed by atoms with Crippen molar-refractivity contribution < 1.29 is 14.8 Å². The Hall–Kier alpha value is -3.14. The van der Waals surface area contributed by atoms with Gasteiger partial charge < -0.3 is 19.8 Å². The number of piperazine rings is 1. The minimum Gasteiger partial charge on any atom is -0.481 e. The third-order valence-corrected chi connectivity index (χ3v) is 6.10. The molecule has 0 amide bonds. The predicted molar refractivity (Wildman–Crippen MR) is 117 cm³/mol. The Bertz CT molecular complexity index is 974. The second-order valence-electron chi connectivity index (χ2n) is 7.68. The number of aromatic nitrogens is 2. The van der Waals surface area contributed by atoms with Crippen molar-refractivity contribution in [2.45, 2.75) is 12.8 Å². The fraction of sp³-hybridized carbons (Fsp3) is 0.450. The van der Waals surface area contributed by atoms with Gasteiger partial charge in [-0.15, -0.1) is 0 Å². The lowest BCUT2D eigenvalue weighted by molar-refractivity contribution is -0.383. The van der Waals surface area contributed by atoms with Gasteiger partial charge in [0.15, 0.2) is 0 Å². The highest BCUT2D eigenvalue weighted by atomic mass is 35.5. The number of hydrogen-bond acceptors (Lipinski definition) is 8. The van der Waals surface area contributed by atoms with Crippen molar-refractivity contribution in [1.82, 2.24) is 9.97 Å². The molecule has 0 bridgehead atoms. The first-order valence-electron chi connectivity index (χ1n) is 10.2. The summed E-state index contributed by atoms with van der Waals surface area (Å²) in [4.78, 5) is 37.1. The molecule has 1 N–H and O–H groups in total. The maximum atomic E-state index is 12.0. The van der Waals surface area contributed by atoms with Gasteiger partial charge in [-0.05, 0) is 31.0 Å². The summed E-state index contributed by atoms with van der Waals surface area (Å²) in [6.45, 7) is 3.34. The number of piperidine rings is 1. The molecule has 11 heteroatoms. The van der Waals surface area contributed by atoms with E-state index in [9.17, 15) is 20.0 Å². The van der Waals surface area contributed by atoms with Gasteiger partial charge in [-0.25, -0.2) is 9.97 Å². The van der Waals surface area contributed by atoms with Crippen LogP contribution < -0.4 is 14.7 Å². The molecular weight excluding hydrogens is 424 g/mol. The lowest BCUT2D eigenvalue weighted by Crippen LogP contribution is -2.47. The maximum absolute atomic E-state index is 12.0. The topological polar surface area (TPSA) is 116 Å². The Kier molecular flexibility index (Phi) is 6.08. The molecule has 4 rings (SSSR count). The molecule has 31 heavy (non-hydrogen) atoms. The number of anilines is 3. The Morgan fingerprint density at radius 1 is 1.03 bits per heavy atom. The van der Waals surface area contributed by atoms with Crippen LogP contribution in [0.1, 0.15) is 12.8 Å². The Labute approximate surface area is 184 Å². The molecule has 0 atom stereocenters. The van der Waals surface area contributed by atoms with Crippen molar-refractivity contribution >= 4 is 40.6 Å². The molecule has 2 fully saturated rings. The molecule has 0 aliphatic carbocycles. The predicted octanol–water partition coefficient (Wildman–Crippen LogP) is 2.67. The standard InChI is InChI=1S/C20H23ClN6O4/c21-15-2-1-3-16(12-15)24-8-10-26(11-9-24)19-17(27(30)31)18(22-13-23-19)25-6-4-14(5-7-25)20(28)29/h1-3,12-14H,4-11H2,(H,28,29). The first kappa shape index (κ1) is 21.1. The van der Waals surface area contributed by atoms with Crippen LogP contribution in [0.15, 0.2) is 30.6 Å². The van der Waals surface area contributed by atoms with Gasteiger partial charge >= 0.3 is 11.7 Å². The van der Waals surface area contributed by atoms with Crippen LogP contribution in [-0.4, -0.2) is 65.2 Å². The number of halogens is 1. The van der Waals surface area contributed by atoms with Crippen molar-refractivity contribution in [3.8, 4) is 0 Å². The number of nitrogens with zero attached hydrogens (tertiary/aromatic N) is 6. The number of carbonyl (C=O) groups is 1. The first-order chi connectivity index (χ1) is 14.9. The van der Waals surface area contributed by atoms with Crippen molar-refractivity contribution in [3.63, 3.8) is 0 Å². The Morgan fingerprint density at radius 2 is 1.61 bits per heavy atom.